The summed E-state index contributed by atoms with van der Waals surface area (Å²) in [7, 11) is 0. The summed E-state index contributed by atoms with van der Waals surface area (Å²) < 4.78 is 10.5. The summed E-state index contributed by atoms with van der Waals surface area (Å²) in [6.45, 7) is 2.41. The molecule has 0 N–H and O–H groups in total. The van der Waals surface area contributed by atoms with Crippen molar-refractivity contribution < 1.29 is 18.8 Å². The number of rotatable bonds is 3. The molecule has 0 radical (unpaired) electrons. The van der Waals surface area contributed by atoms with Crippen LogP contribution in [0.5, 0.6) is 0 Å². The van der Waals surface area contributed by atoms with Crippen molar-refractivity contribution in [1.29, 1.82) is 0 Å². The molecule has 0 saturated carbocycles. The minimum absolute atomic E-state index is 0.0114. The number of hydrogen-bond donors (Lipinski definition) is 0. The summed E-state index contributed by atoms with van der Waals surface area (Å²) in [5.41, 5.74) is 0.433. The van der Waals surface area contributed by atoms with Crippen LogP contribution in [0.2, 0.25) is 0 Å². The molecule has 4 rings (SSSR count). The lowest BCUT2D eigenvalue weighted by Crippen LogP contribution is -2.52. The Balaban J connectivity index is 1.36. The number of hydrogen-bond acceptors (Lipinski definition) is 8. The summed E-state index contributed by atoms with van der Waals surface area (Å²) in [5, 5.41) is 3.78. The van der Waals surface area contributed by atoms with E-state index in [0.717, 1.165) is 12.8 Å². The zero-order valence-corrected chi connectivity index (χ0v) is 14.1. The molecule has 1 unspecified atom stereocenters. The van der Waals surface area contributed by atoms with E-state index < -0.39 is 0 Å². The van der Waals surface area contributed by atoms with Gasteiger partial charge in [-0.05, 0) is 12.8 Å². The molecule has 10 heteroatoms. The van der Waals surface area contributed by atoms with E-state index in [9.17, 15) is 9.59 Å². The summed E-state index contributed by atoms with van der Waals surface area (Å²) in [4.78, 5) is 40.4. The van der Waals surface area contributed by atoms with E-state index in [1.165, 1.54) is 18.6 Å². The van der Waals surface area contributed by atoms with E-state index in [4.69, 9.17) is 9.26 Å². The lowest BCUT2D eigenvalue weighted by molar-refractivity contribution is -0.142. The molecule has 2 aromatic rings. The molecule has 0 aliphatic carbocycles. The minimum Gasteiger partial charge on any atom is -0.368 e. The van der Waals surface area contributed by atoms with Crippen LogP contribution >= 0.6 is 0 Å². The quantitative estimate of drug-likeness (QED) is 0.752. The SMILES string of the molecule is O=C(c1nc(-c2cnccn2)no1)N1CCN(C(=O)C2CCCO2)CC1. The fourth-order valence-corrected chi connectivity index (χ4v) is 3.07. The zero-order chi connectivity index (χ0) is 17.9. The van der Waals surface area contributed by atoms with Crippen LogP contribution in [-0.2, 0) is 9.53 Å². The van der Waals surface area contributed by atoms with Gasteiger partial charge in [-0.15, -0.1) is 0 Å². The van der Waals surface area contributed by atoms with Gasteiger partial charge in [-0.2, -0.15) is 4.98 Å². The van der Waals surface area contributed by atoms with Gasteiger partial charge in [-0.1, -0.05) is 5.16 Å². The van der Waals surface area contributed by atoms with Gasteiger partial charge in [0.1, 0.15) is 11.8 Å². The maximum Gasteiger partial charge on any atom is 0.316 e. The summed E-state index contributed by atoms with van der Waals surface area (Å²) in [6, 6.07) is 0. The summed E-state index contributed by atoms with van der Waals surface area (Å²) >= 11 is 0. The molecule has 10 nitrogen and oxygen atoms in total. The molecule has 2 aromatic heterocycles. The third-order valence-electron chi connectivity index (χ3n) is 4.48. The van der Waals surface area contributed by atoms with E-state index in [-0.39, 0.29) is 29.6 Å². The number of nitrogens with zero attached hydrogens (tertiary/aromatic N) is 6. The highest BCUT2D eigenvalue weighted by atomic mass is 16.5. The largest absolute Gasteiger partial charge is 0.368 e. The van der Waals surface area contributed by atoms with Gasteiger partial charge in [0, 0.05) is 45.2 Å². The van der Waals surface area contributed by atoms with Crippen molar-refractivity contribution in [2.75, 3.05) is 32.8 Å². The van der Waals surface area contributed by atoms with E-state index in [0.29, 0.717) is 38.5 Å². The van der Waals surface area contributed by atoms with Crippen molar-refractivity contribution >= 4 is 11.8 Å². The first-order chi connectivity index (χ1) is 12.7. The molecule has 2 saturated heterocycles. The highest BCUT2D eigenvalue weighted by Crippen LogP contribution is 2.17. The second-order valence-electron chi connectivity index (χ2n) is 6.13. The van der Waals surface area contributed by atoms with Crippen LogP contribution in [0.1, 0.15) is 23.5 Å². The van der Waals surface area contributed by atoms with Gasteiger partial charge in [0.2, 0.25) is 5.82 Å². The van der Waals surface area contributed by atoms with Crippen LogP contribution in [0, 0.1) is 0 Å². The van der Waals surface area contributed by atoms with Gasteiger partial charge in [-0.25, -0.2) is 4.98 Å². The fraction of sp³-hybridized carbons (Fsp3) is 0.500. The van der Waals surface area contributed by atoms with Crippen LogP contribution in [0.3, 0.4) is 0 Å². The molecule has 0 spiro atoms. The lowest BCUT2D eigenvalue weighted by atomic mass is 10.2. The Morgan fingerprint density at radius 3 is 2.62 bits per heavy atom. The van der Waals surface area contributed by atoms with Gasteiger partial charge in [0.05, 0.1) is 6.20 Å². The molecular weight excluding hydrogens is 340 g/mol. The van der Waals surface area contributed by atoms with E-state index >= 15 is 0 Å². The third kappa shape index (κ3) is 3.27. The Labute approximate surface area is 149 Å². The third-order valence-corrected chi connectivity index (χ3v) is 4.48. The number of carbonyl (C=O) groups excluding carboxylic acids is 2. The van der Waals surface area contributed by atoms with E-state index in [1.807, 2.05) is 0 Å². The first-order valence-electron chi connectivity index (χ1n) is 8.52. The number of carbonyl (C=O) groups is 2. The van der Waals surface area contributed by atoms with Gasteiger partial charge in [0.15, 0.2) is 0 Å². The summed E-state index contributed by atoms with van der Waals surface area (Å²) in [5.74, 6) is -0.215. The number of piperazine rings is 1. The van der Waals surface area contributed by atoms with Gasteiger partial charge in [0.25, 0.3) is 5.91 Å². The van der Waals surface area contributed by atoms with Crippen LogP contribution < -0.4 is 0 Å². The maximum atomic E-state index is 12.5. The van der Waals surface area contributed by atoms with Gasteiger partial charge < -0.3 is 19.1 Å². The second kappa shape index (κ2) is 7.16. The predicted octanol–water partition coefficient (Wildman–Crippen LogP) is -0.0100. The molecule has 2 aliphatic heterocycles. The van der Waals surface area contributed by atoms with Crippen LogP contribution in [0.15, 0.2) is 23.1 Å². The Hall–Kier alpha value is -2.88. The molecule has 2 aliphatic rings. The Bertz CT molecular complexity index is 781. The first-order valence-corrected chi connectivity index (χ1v) is 8.52. The highest BCUT2D eigenvalue weighted by Gasteiger charge is 2.32. The minimum atomic E-state index is -0.350. The smallest absolute Gasteiger partial charge is 0.316 e. The van der Waals surface area contributed by atoms with Gasteiger partial charge in [-0.3, -0.25) is 14.6 Å². The van der Waals surface area contributed by atoms with E-state index in [2.05, 4.69) is 20.1 Å². The molecule has 136 valence electrons. The number of ether oxygens (including phenoxy) is 1. The predicted molar refractivity (Wildman–Crippen MR) is 86.8 cm³/mol. The average Bonchev–Trinajstić information content (AvgIpc) is 3.40. The van der Waals surface area contributed by atoms with Crippen LogP contribution in [0.4, 0.5) is 0 Å². The molecular formula is C16H18N6O4. The topological polar surface area (TPSA) is 115 Å². The molecule has 0 bridgehead atoms. The lowest BCUT2D eigenvalue weighted by Gasteiger charge is -2.35. The Morgan fingerprint density at radius 1 is 1.12 bits per heavy atom. The first kappa shape index (κ1) is 16.6. The van der Waals surface area contributed by atoms with E-state index in [1.54, 1.807) is 9.80 Å². The molecule has 4 heterocycles. The monoisotopic (exact) mass is 358 g/mol. The second-order valence-corrected chi connectivity index (χ2v) is 6.13. The molecule has 1 atom stereocenters. The average molecular weight is 358 g/mol. The molecule has 26 heavy (non-hydrogen) atoms. The van der Waals surface area contributed by atoms with Gasteiger partial charge >= 0.3 is 11.8 Å². The number of aromatic nitrogens is 4. The van der Waals surface area contributed by atoms with Crippen molar-refractivity contribution in [3.05, 3.63) is 24.5 Å². The Kier molecular flexibility index (Phi) is 4.57. The molecule has 0 aromatic carbocycles. The van der Waals surface area contributed by atoms with Crippen molar-refractivity contribution in [2.45, 2.75) is 18.9 Å². The van der Waals surface area contributed by atoms with Crippen LogP contribution in [-0.4, -0.2) is 80.6 Å². The van der Waals surface area contributed by atoms with Crippen molar-refractivity contribution in [3.8, 4) is 11.5 Å². The normalized spacial score (nSPS) is 20.4. The van der Waals surface area contributed by atoms with Crippen LogP contribution in [0.25, 0.3) is 11.5 Å². The van der Waals surface area contributed by atoms with Crippen molar-refractivity contribution in [3.63, 3.8) is 0 Å². The van der Waals surface area contributed by atoms with Crippen molar-refractivity contribution in [1.82, 2.24) is 29.9 Å². The Morgan fingerprint density at radius 2 is 1.92 bits per heavy atom. The highest BCUT2D eigenvalue weighted by molar-refractivity contribution is 5.90. The zero-order valence-electron chi connectivity index (χ0n) is 14.1. The molecule has 2 fully saturated rings. The number of amides is 2. The standard InChI is InChI=1S/C16H18N6O4/c23-15(12-2-1-9-25-12)21-5-7-22(8-6-21)16(24)14-19-13(20-26-14)11-10-17-3-4-18-11/h3-4,10,12H,1-2,5-9H2. The van der Waals surface area contributed by atoms with Crippen molar-refractivity contribution in [2.24, 2.45) is 0 Å². The fourth-order valence-electron chi connectivity index (χ4n) is 3.07. The molecule has 2 amide bonds. The maximum absolute atomic E-state index is 12.5. The summed E-state index contributed by atoms with van der Waals surface area (Å²) in [6.07, 6.45) is 5.90.